The summed E-state index contributed by atoms with van der Waals surface area (Å²) in [5.41, 5.74) is 1.84. The quantitative estimate of drug-likeness (QED) is 0.756. The predicted molar refractivity (Wildman–Crippen MR) is 109 cm³/mol. The Bertz CT molecular complexity index is 816. The zero-order valence-electron chi connectivity index (χ0n) is 15.8. The van der Waals surface area contributed by atoms with Gasteiger partial charge in [-0.3, -0.25) is 14.5 Å². The molecule has 0 aromatic heterocycles. The van der Waals surface area contributed by atoms with Gasteiger partial charge < -0.3 is 15.0 Å². The van der Waals surface area contributed by atoms with Gasteiger partial charge in [0.2, 0.25) is 5.91 Å². The normalized spacial score (nSPS) is 16.8. The number of anilines is 1. The van der Waals surface area contributed by atoms with E-state index in [4.69, 9.17) is 16.3 Å². The van der Waals surface area contributed by atoms with E-state index in [-0.39, 0.29) is 18.4 Å². The number of alkyl halides is 1. The van der Waals surface area contributed by atoms with Crippen molar-refractivity contribution in [3.8, 4) is 0 Å². The lowest BCUT2D eigenvalue weighted by Gasteiger charge is -2.31. The summed E-state index contributed by atoms with van der Waals surface area (Å²) in [6.45, 7) is 2.21. The Hall–Kier alpha value is -2.41. The number of para-hydroxylation sites is 1. The molecule has 0 radical (unpaired) electrons. The van der Waals surface area contributed by atoms with Crippen LogP contribution in [0.25, 0.3) is 0 Å². The summed E-state index contributed by atoms with van der Waals surface area (Å²) in [4.78, 5) is 28.6. The Balaban J connectivity index is 1.61. The van der Waals surface area contributed by atoms with Gasteiger partial charge in [-0.05, 0) is 30.8 Å². The number of hydrogen-bond donors (Lipinski definition) is 1. The molecule has 2 aromatic carbocycles. The third-order valence-corrected chi connectivity index (χ3v) is 4.79. The molecule has 0 bridgehead atoms. The Morgan fingerprint density at radius 3 is 2.64 bits per heavy atom. The Morgan fingerprint density at radius 1 is 1.18 bits per heavy atom. The Morgan fingerprint density at radius 2 is 1.89 bits per heavy atom. The van der Waals surface area contributed by atoms with Crippen LogP contribution in [0.2, 0.25) is 0 Å². The molecule has 6 nitrogen and oxygen atoms in total. The van der Waals surface area contributed by atoms with E-state index < -0.39 is 5.56 Å². The van der Waals surface area contributed by atoms with Gasteiger partial charge in [0.1, 0.15) is 5.56 Å². The summed E-state index contributed by atoms with van der Waals surface area (Å²) in [7, 11) is 1.88. The van der Waals surface area contributed by atoms with Crippen molar-refractivity contribution in [3.05, 3.63) is 65.7 Å². The second-order valence-electron chi connectivity index (χ2n) is 6.77. The highest BCUT2D eigenvalue weighted by atomic mass is 35.5. The number of benzene rings is 2. The zero-order valence-corrected chi connectivity index (χ0v) is 16.6. The first-order chi connectivity index (χ1) is 13.5. The third-order valence-electron chi connectivity index (χ3n) is 4.52. The first-order valence-corrected chi connectivity index (χ1v) is 9.63. The van der Waals surface area contributed by atoms with Crippen LogP contribution in [-0.2, 0) is 16.1 Å². The number of rotatable bonds is 6. The van der Waals surface area contributed by atoms with Crippen molar-refractivity contribution in [3.63, 3.8) is 0 Å². The third kappa shape index (κ3) is 5.55. The molecule has 28 heavy (non-hydrogen) atoms. The van der Waals surface area contributed by atoms with Gasteiger partial charge in [0, 0.05) is 24.3 Å². The van der Waals surface area contributed by atoms with Crippen molar-refractivity contribution in [1.82, 2.24) is 9.80 Å². The minimum atomic E-state index is -0.447. The van der Waals surface area contributed by atoms with Gasteiger partial charge in [0.15, 0.2) is 0 Å². The van der Waals surface area contributed by atoms with Crippen LogP contribution in [0.5, 0.6) is 0 Å². The molecule has 1 N–H and O–H groups in total. The van der Waals surface area contributed by atoms with Crippen LogP contribution in [0.3, 0.4) is 0 Å². The number of halogens is 1. The van der Waals surface area contributed by atoms with E-state index in [1.165, 1.54) is 0 Å². The smallest absolute Gasteiger partial charge is 0.255 e. The van der Waals surface area contributed by atoms with Crippen LogP contribution >= 0.6 is 11.6 Å². The van der Waals surface area contributed by atoms with E-state index in [0.29, 0.717) is 31.8 Å². The maximum atomic E-state index is 12.5. The maximum Gasteiger partial charge on any atom is 0.255 e. The number of carbonyl (C=O) groups is 2. The van der Waals surface area contributed by atoms with E-state index in [2.05, 4.69) is 5.32 Å². The van der Waals surface area contributed by atoms with Gasteiger partial charge in [-0.15, -0.1) is 0 Å². The molecule has 148 valence electrons. The molecule has 0 spiro atoms. The minimum Gasteiger partial charge on any atom is -0.359 e. The fraction of sp³-hybridized carbons (Fsp3) is 0.333. The zero-order chi connectivity index (χ0) is 19.9. The highest BCUT2D eigenvalue weighted by molar-refractivity contribution is 6.20. The molecule has 1 unspecified atom stereocenters. The molecule has 0 saturated carbocycles. The van der Waals surface area contributed by atoms with Gasteiger partial charge >= 0.3 is 0 Å². The van der Waals surface area contributed by atoms with Crippen molar-refractivity contribution < 1.29 is 14.3 Å². The molecule has 3 rings (SSSR count). The molecule has 1 aliphatic rings. The van der Waals surface area contributed by atoms with Crippen LogP contribution in [0.1, 0.15) is 15.9 Å². The molecule has 1 atom stereocenters. The van der Waals surface area contributed by atoms with Gasteiger partial charge in [-0.1, -0.05) is 48.0 Å². The SMILES string of the molecule is CN(CC(=O)N1CCOC(Cl)C1)Cc1ccccc1NC(=O)c1ccccc1. The molecule has 2 aromatic rings. The van der Waals surface area contributed by atoms with Crippen molar-refractivity contribution >= 4 is 29.1 Å². The molecule has 0 aliphatic carbocycles. The van der Waals surface area contributed by atoms with Crippen molar-refractivity contribution in [2.24, 2.45) is 0 Å². The lowest BCUT2D eigenvalue weighted by molar-refractivity contribution is -0.137. The van der Waals surface area contributed by atoms with Gasteiger partial charge in [0.05, 0.1) is 19.7 Å². The first-order valence-electron chi connectivity index (χ1n) is 9.19. The molecule has 1 heterocycles. The lowest BCUT2D eigenvalue weighted by atomic mass is 10.1. The number of ether oxygens (including phenoxy) is 1. The largest absolute Gasteiger partial charge is 0.359 e. The maximum absolute atomic E-state index is 12.5. The van der Waals surface area contributed by atoms with E-state index in [0.717, 1.165) is 11.3 Å². The van der Waals surface area contributed by atoms with Crippen LogP contribution in [-0.4, -0.2) is 60.5 Å². The fourth-order valence-electron chi connectivity index (χ4n) is 3.08. The number of carbonyl (C=O) groups excluding carboxylic acids is 2. The van der Waals surface area contributed by atoms with Gasteiger partial charge in [-0.2, -0.15) is 0 Å². The second kappa shape index (κ2) is 9.68. The molecule has 1 saturated heterocycles. The van der Waals surface area contributed by atoms with Crippen LogP contribution in [0.4, 0.5) is 5.69 Å². The number of morpholine rings is 1. The number of nitrogens with one attached hydrogen (secondary N) is 1. The van der Waals surface area contributed by atoms with Crippen LogP contribution < -0.4 is 5.32 Å². The van der Waals surface area contributed by atoms with Gasteiger partial charge in [-0.25, -0.2) is 0 Å². The average Bonchev–Trinajstić information content (AvgIpc) is 2.70. The van der Waals surface area contributed by atoms with Crippen LogP contribution in [0, 0.1) is 0 Å². The summed E-state index contributed by atoms with van der Waals surface area (Å²) in [5, 5.41) is 2.96. The van der Waals surface area contributed by atoms with Crippen LogP contribution in [0.15, 0.2) is 54.6 Å². The fourth-order valence-corrected chi connectivity index (χ4v) is 3.33. The van der Waals surface area contributed by atoms with Gasteiger partial charge in [0.25, 0.3) is 5.91 Å². The van der Waals surface area contributed by atoms with Crippen molar-refractivity contribution in [1.29, 1.82) is 0 Å². The second-order valence-corrected chi connectivity index (χ2v) is 7.26. The molecular formula is C21H24ClN3O3. The summed E-state index contributed by atoms with van der Waals surface area (Å²) in [5.74, 6) is -0.143. The van der Waals surface area contributed by atoms with E-state index >= 15 is 0 Å². The topological polar surface area (TPSA) is 61.9 Å². The predicted octanol–water partition coefficient (Wildman–Crippen LogP) is 2.79. The summed E-state index contributed by atoms with van der Waals surface area (Å²) >= 11 is 5.97. The Labute approximate surface area is 170 Å². The minimum absolute atomic E-state index is 0.0160. The molecule has 1 fully saturated rings. The first kappa shape index (κ1) is 20.3. The summed E-state index contributed by atoms with van der Waals surface area (Å²) < 4.78 is 5.27. The molecular weight excluding hydrogens is 378 g/mol. The van der Waals surface area contributed by atoms with Crippen molar-refractivity contribution in [2.45, 2.75) is 12.1 Å². The van der Waals surface area contributed by atoms with E-state index in [1.807, 2.05) is 54.4 Å². The number of hydrogen-bond acceptors (Lipinski definition) is 4. The summed E-state index contributed by atoms with van der Waals surface area (Å²) in [6.07, 6.45) is 0. The average molecular weight is 402 g/mol. The Kier molecular flexibility index (Phi) is 7.03. The monoisotopic (exact) mass is 401 g/mol. The standard InChI is InChI=1S/C21H24ClN3O3/c1-24(15-20(26)25-11-12-28-19(22)14-25)13-17-9-5-6-10-18(17)23-21(27)16-7-3-2-4-8-16/h2-10,19H,11-15H2,1H3,(H,23,27). The highest BCUT2D eigenvalue weighted by Gasteiger charge is 2.23. The van der Waals surface area contributed by atoms with E-state index in [1.54, 1.807) is 17.0 Å². The number of nitrogens with zero attached hydrogens (tertiary/aromatic N) is 2. The molecule has 2 amide bonds. The van der Waals surface area contributed by atoms with Crippen molar-refractivity contribution in [2.75, 3.05) is 38.6 Å². The molecule has 1 aliphatic heterocycles. The lowest BCUT2D eigenvalue weighted by Crippen LogP contribution is -2.47. The summed E-state index contributed by atoms with van der Waals surface area (Å²) in [6, 6.07) is 16.7. The van der Waals surface area contributed by atoms with E-state index in [9.17, 15) is 9.59 Å². The molecule has 7 heteroatoms. The highest BCUT2D eigenvalue weighted by Crippen LogP contribution is 2.18. The number of likely N-dealkylation sites (N-methyl/N-ethyl adjacent to an activating group) is 1. The number of amides is 2.